The fraction of sp³-hybridized carbons (Fsp3) is 0.188. The van der Waals surface area contributed by atoms with Crippen LogP contribution >= 0.6 is 11.8 Å². The third kappa shape index (κ3) is 4.50. The van der Waals surface area contributed by atoms with E-state index in [4.69, 9.17) is 5.11 Å². The van der Waals surface area contributed by atoms with E-state index < -0.39 is 34.3 Å². The van der Waals surface area contributed by atoms with Gasteiger partial charge in [0.05, 0.1) is 16.1 Å². The van der Waals surface area contributed by atoms with Crippen LogP contribution in [-0.4, -0.2) is 32.3 Å². The van der Waals surface area contributed by atoms with Crippen molar-refractivity contribution in [1.82, 2.24) is 0 Å². The molecule has 0 heterocycles. The van der Waals surface area contributed by atoms with Gasteiger partial charge in [-0.2, -0.15) is 13.2 Å². The molecular formula is C16H14F3NO4S2. The third-order valence-electron chi connectivity index (χ3n) is 3.41. The van der Waals surface area contributed by atoms with E-state index in [0.29, 0.717) is 16.4 Å². The van der Waals surface area contributed by atoms with Crippen molar-refractivity contribution in [3.63, 3.8) is 0 Å². The van der Waals surface area contributed by atoms with Gasteiger partial charge in [0.2, 0.25) is 0 Å². The summed E-state index contributed by atoms with van der Waals surface area (Å²) in [7, 11) is -4.26. The first-order chi connectivity index (χ1) is 12.1. The van der Waals surface area contributed by atoms with Crippen molar-refractivity contribution in [2.45, 2.75) is 16.0 Å². The molecule has 1 N–H and O–H groups in total. The van der Waals surface area contributed by atoms with Crippen LogP contribution in [-0.2, 0) is 21.0 Å². The molecule has 0 fully saturated rings. The monoisotopic (exact) mass is 405 g/mol. The van der Waals surface area contributed by atoms with Gasteiger partial charge in [0.15, 0.2) is 0 Å². The Morgan fingerprint density at radius 3 is 2.04 bits per heavy atom. The van der Waals surface area contributed by atoms with Crippen LogP contribution in [0.3, 0.4) is 0 Å². The summed E-state index contributed by atoms with van der Waals surface area (Å²) in [5, 5.41) is 9.03. The lowest BCUT2D eigenvalue weighted by Gasteiger charge is -2.23. The second-order valence-electron chi connectivity index (χ2n) is 5.13. The smallest absolute Gasteiger partial charge is 0.416 e. The van der Waals surface area contributed by atoms with Crippen molar-refractivity contribution in [2.75, 3.05) is 17.1 Å². The Morgan fingerprint density at radius 2 is 1.62 bits per heavy atom. The summed E-state index contributed by atoms with van der Waals surface area (Å²) in [6.45, 7) is -0.919. The van der Waals surface area contributed by atoms with E-state index in [0.717, 1.165) is 17.0 Å². The maximum Gasteiger partial charge on any atom is 0.416 e. The van der Waals surface area contributed by atoms with E-state index in [2.05, 4.69) is 0 Å². The van der Waals surface area contributed by atoms with Gasteiger partial charge in [-0.05, 0) is 54.8 Å². The van der Waals surface area contributed by atoms with Crippen molar-refractivity contribution in [3.8, 4) is 0 Å². The molecule has 0 bridgehead atoms. The lowest BCUT2D eigenvalue weighted by Crippen LogP contribution is -2.35. The molecule has 0 aliphatic carbocycles. The van der Waals surface area contributed by atoms with Crippen LogP contribution in [0.25, 0.3) is 0 Å². The van der Waals surface area contributed by atoms with Crippen LogP contribution in [0.4, 0.5) is 18.9 Å². The Kier molecular flexibility index (Phi) is 5.87. The fourth-order valence-corrected chi connectivity index (χ4v) is 3.95. The van der Waals surface area contributed by atoms with Crippen LogP contribution in [0, 0.1) is 0 Å². The fourth-order valence-electron chi connectivity index (χ4n) is 2.13. The molecule has 0 saturated heterocycles. The number of carbonyl (C=O) groups is 1. The number of nitrogens with zero attached hydrogens (tertiary/aromatic N) is 1. The van der Waals surface area contributed by atoms with Gasteiger partial charge in [0.1, 0.15) is 6.54 Å². The van der Waals surface area contributed by atoms with Crippen LogP contribution in [0.1, 0.15) is 5.56 Å². The number of carboxylic acids is 1. The van der Waals surface area contributed by atoms with Crippen LogP contribution in [0.5, 0.6) is 0 Å². The second kappa shape index (κ2) is 7.58. The summed E-state index contributed by atoms with van der Waals surface area (Å²) in [6, 6.07) is 9.03. The molecular weight excluding hydrogens is 391 g/mol. The van der Waals surface area contributed by atoms with E-state index in [-0.39, 0.29) is 10.6 Å². The summed E-state index contributed by atoms with van der Waals surface area (Å²) in [5.74, 6) is -1.44. The molecule has 0 aliphatic heterocycles. The van der Waals surface area contributed by atoms with Gasteiger partial charge < -0.3 is 5.11 Å². The molecule has 26 heavy (non-hydrogen) atoms. The molecule has 0 radical (unpaired) electrons. The number of carboxylic acid groups (broad SMARTS) is 1. The number of anilines is 1. The van der Waals surface area contributed by atoms with Crippen molar-refractivity contribution in [3.05, 3.63) is 54.1 Å². The van der Waals surface area contributed by atoms with Crippen LogP contribution in [0.15, 0.2) is 58.3 Å². The number of rotatable bonds is 6. The summed E-state index contributed by atoms with van der Waals surface area (Å²) in [5.41, 5.74) is -1.13. The molecule has 0 spiro atoms. The molecule has 140 valence electrons. The number of benzene rings is 2. The van der Waals surface area contributed by atoms with Gasteiger partial charge in [-0.1, -0.05) is 0 Å². The van der Waals surface area contributed by atoms with Gasteiger partial charge in [-0.25, -0.2) is 8.42 Å². The Hall–Kier alpha value is -2.20. The van der Waals surface area contributed by atoms with Gasteiger partial charge in [0, 0.05) is 4.90 Å². The number of sulfonamides is 1. The molecule has 0 saturated carbocycles. The first-order valence-electron chi connectivity index (χ1n) is 7.11. The Balaban J connectivity index is 2.47. The molecule has 2 rings (SSSR count). The molecule has 0 aromatic heterocycles. The molecule has 0 aliphatic rings. The Morgan fingerprint density at radius 1 is 1.08 bits per heavy atom. The molecule has 5 nitrogen and oxygen atoms in total. The topological polar surface area (TPSA) is 74.7 Å². The predicted octanol–water partition coefficient (Wildman–Crippen LogP) is 3.71. The van der Waals surface area contributed by atoms with E-state index >= 15 is 0 Å². The minimum Gasteiger partial charge on any atom is -0.480 e. The summed E-state index contributed by atoms with van der Waals surface area (Å²) in [6.07, 6.45) is -2.77. The van der Waals surface area contributed by atoms with Crippen molar-refractivity contribution >= 4 is 33.4 Å². The summed E-state index contributed by atoms with van der Waals surface area (Å²) >= 11 is 1.40. The third-order valence-corrected chi connectivity index (χ3v) is 5.94. The highest BCUT2D eigenvalue weighted by Crippen LogP contribution is 2.32. The zero-order valence-corrected chi connectivity index (χ0v) is 15.0. The molecule has 2 aromatic rings. The quantitative estimate of drug-likeness (QED) is 0.742. The number of aliphatic carboxylic acids is 1. The average Bonchev–Trinajstić information content (AvgIpc) is 2.59. The minimum atomic E-state index is -4.58. The molecule has 0 unspecified atom stereocenters. The number of hydrogen-bond acceptors (Lipinski definition) is 4. The number of thioether (sulfide) groups is 1. The van der Waals surface area contributed by atoms with Crippen molar-refractivity contribution in [1.29, 1.82) is 0 Å². The van der Waals surface area contributed by atoms with E-state index in [9.17, 15) is 26.4 Å². The molecule has 2 aromatic carbocycles. The Bertz CT molecular complexity index is 879. The maximum atomic E-state index is 12.8. The number of alkyl halides is 3. The maximum absolute atomic E-state index is 12.8. The van der Waals surface area contributed by atoms with E-state index in [1.54, 1.807) is 12.1 Å². The highest BCUT2D eigenvalue weighted by molar-refractivity contribution is 7.98. The van der Waals surface area contributed by atoms with Gasteiger partial charge >= 0.3 is 12.1 Å². The first kappa shape index (κ1) is 20.1. The first-order valence-corrected chi connectivity index (χ1v) is 9.78. The second-order valence-corrected chi connectivity index (χ2v) is 7.87. The number of hydrogen-bond donors (Lipinski definition) is 1. The SMILES string of the molecule is CSc1ccc(S(=O)(=O)N(CC(=O)O)c2ccc(C(F)(F)F)cc2)cc1. The van der Waals surface area contributed by atoms with E-state index in [1.807, 2.05) is 6.26 Å². The highest BCUT2D eigenvalue weighted by atomic mass is 32.2. The van der Waals surface area contributed by atoms with Crippen molar-refractivity contribution in [2.24, 2.45) is 0 Å². The summed E-state index contributed by atoms with van der Waals surface area (Å²) < 4.78 is 64.1. The highest BCUT2D eigenvalue weighted by Gasteiger charge is 2.32. The average molecular weight is 405 g/mol. The summed E-state index contributed by atoms with van der Waals surface area (Å²) in [4.78, 5) is 11.8. The lowest BCUT2D eigenvalue weighted by atomic mass is 10.2. The molecule has 10 heteroatoms. The Labute approximate surface area is 152 Å². The van der Waals surface area contributed by atoms with Crippen molar-refractivity contribution < 1.29 is 31.5 Å². The van der Waals surface area contributed by atoms with Gasteiger partial charge in [-0.3, -0.25) is 9.10 Å². The largest absolute Gasteiger partial charge is 0.480 e. The molecule has 0 atom stereocenters. The predicted molar refractivity (Wildman–Crippen MR) is 91.8 cm³/mol. The number of halogens is 3. The zero-order chi connectivity index (χ0) is 19.5. The minimum absolute atomic E-state index is 0.156. The van der Waals surface area contributed by atoms with E-state index in [1.165, 1.54) is 23.9 Å². The standard InChI is InChI=1S/C16H14F3NO4S2/c1-25-13-6-8-14(9-7-13)26(23,24)20(10-15(21)22)12-4-2-11(3-5-12)16(17,18)19/h2-9H,10H2,1H3,(H,21,22). The lowest BCUT2D eigenvalue weighted by molar-refractivity contribution is -0.138. The van der Waals surface area contributed by atoms with Crippen LogP contribution < -0.4 is 4.31 Å². The molecule has 0 amide bonds. The zero-order valence-electron chi connectivity index (χ0n) is 13.4. The van der Waals surface area contributed by atoms with Gasteiger partial charge in [-0.15, -0.1) is 11.8 Å². The van der Waals surface area contributed by atoms with Gasteiger partial charge in [0.25, 0.3) is 10.0 Å². The van der Waals surface area contributed by atoms with Crippen LogP contribution in [0.2, 0.25) is 0 Å². The normalized spacial score (nSPS) is 12.0.